The number of hydrogen-bond acceptors (Lipinski definition) is 8. The van der Waals surface area contributed by atoms with Crippen LogP contribution in [0.15, 0.2) is 82.0 Å². The fourth-order valence-corrected chi connectivity index (χ4v) is 5.04. The second kappa shape index (κ2) is 10.6. The van der Waals surface area contributed by atoms with Crippen molar-refractivity contribution in [2.45, 2.75) is 17.3 Å². The number of amides is 1. The zero-order chi connectivity index (χ0) is 24.0. The summed E-state index contributed by atoms with van der Waals surface area (Å²) in [4.78, 5) is 21.2. The van der Waals surface area contributed by atoms with Gasteiger partial charge in [-0.25, -0.2) is 9.37 Å². The van der Waals surface area contributed by atoms with E-state index in [1.165, 1.54) is 35.2 Å². The highest BCUT2D eigenvalue weighted by Gasteiger charge is 2.19. The van der Waals surface area contributed by atoms with Crippen LogP contribution in [0, 0.1) is 5.82 Å². The lowest BCUT2D eigenvalue weighted by Gasteiger charge is -2.08. The first-order valence-corrected chi connectivity index (χ1v) is 12.5. The number of pyridine rings is 1. The van der Waals surface area contributed by atoms with Crippen molar-refractivity contribution in [2.75, 3.05) is 6.54 Å². The van der Waals surface area contributed by atoms with Crippen LogP contribution in [0.4, 0.5) is 4.39 Å². The van der Waals surface area contributed by atoms with Crippen LogP contribution >= 0.6 is 23.1 Å². The minimum Gasteiger partial charge on any atom is -0.461 e. The lowest BCUT2D eigenvalue weighted by molar-refractivity contribution is 0.0949. The first kappa shape index (κ1) is 22.9. The molecule has 11 heteroatoms. The molecular formula is C24H19FN6O2S2. The highest BCUT2D eigenvalue weighted by atomic mass is 32.2. The van der Waals surface area contributed by atoms with Gasteiger partial charge >= 0.3 is 0 Å². The zero-order valence-corrected chi connectivity index (χ0v) is 19.9. The largest absolute Gasteiger partial charge is 0.461 e. The number of rotatable bonds is 9. The fraction of sp³-hybridized carbons (Fsp3) is 0.125. The Bertz CT molecular complexity index is 1400. The molecule has 1 aromatic carbocycles. The van der Waals surface area contributed by atoms with Gasteiger partial charge in [-0.15, -0.1) is 21.5 Å². The number of thioether (sulfide) groups is 1. The van der Waals surface area contributed by atoms with Gasteiger partial charge in [-0.05, 0) is 48.5 Å². The van der Waals surface area contributed by atoms with Crippen LogP contribution in [-0.2, 0) is 12.2 Å². The molecule has 4 aromatic heterocycles. The summed E-state index contributed by atoms with van der Waals surface area (Å²) < 4.78 is 20.8. The third-order valence-corrected chi connectivity index (χ3v) is 6.93. The predicted octanol–water partition coefficient (Wildman–Crippen LogP) is 4.78. The van der Waals surface area contributed by atoms with Crippen molar-refractivity contribution in [1.82, 2.24) is 30.0 Å². The van der Waals surface area contributed by atoms with Crippen LogP contribution in [-0.4, -0.2) is 37.2 Å². The number of halogens is 1. The molecule has 0 aliphatic carbocycles. The molecule has 0 bridgehead atoms. The van der Waals surface area contributed by atoms with Crippen molar-refractivity contribution in [2.24, 2.45) is 0 Å². The maximum absolute atomic E-state index is 13.5. The molecule has 0 aliphatic rings. The van der Waals surface area contributed by atoms with E-state index in [0.29, 0.717) is 46.8 Å². The number of thiazole rings is 1. The summed E-state index contributed by atoms with van der Waals surface area (Å²) in [5, 5.41) is 14.6. The molecule has 35 heavy (non-hydrogen) atoms. The van der Waals surface area contributed by atoms with E-state index in [2.05, 4.69) is 25.5 Å². The highest BCUT2D eigenvalue weighted by Crippen LogP contribution is 2.30. The number of carbonyl (C=O) groups is 1. The van der Waals surface area contributed by atoms with Gasteiger partial charge in [0.2, 0.25) is 5.82 Å². The average Bonchev–Trinajstić information content (AvgIpc) is 3.65. The van der Waals surface area contributed by atoms with Crippen LogP contribution in [0.2, 0.25) is 0 Å². The van der Waals surface area contributed by atoms with E-state index < -0.39 is 0 Å². The normalized spacial score (nSPS) is 11.0. The summed E-state index contributed by atoms with van der Waals surface area (Å²) in [7, 11) is 0. The third-order valence-electron chi connectivity index (χ3n) is 4.96. The average molecular weight is 507 g/mol. The molecule has 0 saturated carbocycles. The van der Waals surface area contributed by atoms with Gasteiger partial charge in [0.05, 0.1) is 17.7 Å². The number of nitrogens with zero attached hydrogens (tertiary/aromatic N) is 5. The Morgan fingerprint density at radius 3 is 2.77 bits per heavy atom. The third kappa shape index (κ3) is 5.47. The van der Waals surface area contributed by atoms with Crippen LogP contribution in [0.5, 0.6) is 0 Å². The van der Waals surface area contributed by atoms with E-state index >= 15 is 0 Å². The zero-order valence-electron chi connectivity index (χ0n) is 18.3. The molecule has 5 rings (SSSR count). The predicted molar refractivity (Wildman–Crippen MR) is 131 cm³/mol. The van der Waals surface area contributed by atoms with Gasteiger partial charge in [-0.2, -0.15) is 0 Å². The van der Waals surface area contributed by atoms with Crippen molar-refractivity contribution in [3.8, 4) is 17.3 Å². The van der Waals surface area contributed by atoms with Gasteiger partial charge in [0.15, 0.2) is 10.9 Å². The second-order valence-electron chi connectivity index (χ2n) is 7.34. The Labute approximate surface area is 208 Å². The summed E-state index contributed by atoms with van der Waals surface area (Å²) in [6.07, 6.45) is 3.94. The van der Waals surface area contributed by atoms with E-state index in [1.54, 1.807) is 42.1 Å². The Morgan fingerprint density at radius 2 is 2.00 bits per heavy atom. The lowest BCUT2D eigenvalue weighted by Crippen LogP contribution is -2.26. The quantitative estimate of drug-likeness (QED) is 0.287. The van der Waals surface area contributed by atoms with Gasteiger partial charge in [0, 0.05) is 30.2 Å². The van der Waals surface area contributed by atoms with Crippen molar-refractivity contribution in [3.05, 3.63) is 94.7 Å². The van der Waals surface area contributed by atoms with Gasteiger partial charge < -0.3 is 9.73 Å². The van der Waals surface area contributed by atoms with Gasteiger partial charge in [0.25, 0.3) is 5.91 Å². The SMILES string of the molecule is O=C(NCCc1ccccn1)c1csc(CSc2nnc(-c3ccco3)n2-c2ccc(F)cc2)n1. The number of hydrogen-bond donors (Lipinski definition) is 1. The van der Waals surface area contributed by atoms with E-state index in [0.717, 1.165) is 10.7 Å². The summed E-state index contributed by atoms with van der Waals surface area (Å²) in [6.45, 7) is 0.480. The van der Waals surface area contributed by atoms with Crippen molar-refractivity contribution < 1.29 is 13.6 Å². The van der Waals surface area contributed by atoms with Crippen LogP contribution in [0.1, 0.15) is 21.2 Å². The molecule has 0 saturated heterocycles. The molecule has 0 spiro atoms. The van der Waals surface area contributed by atoms with Crippen LogP contribution in [0.25, 0.3) is 17.3 Å². The van der Waals surface area contributed by atoms with E-state index in [9.17, 15) is 9.18 Å². The van der Waals surface area contributed by atoms with Crippen LogP contribution in [0.3, 0.4) is 0 Å². The Balaban J connectivity index is 1.26. The van der Waals surface area contributed by atoms with Gasteiger partial charge in [-0.1, -0.05) is 17.8 Å². The molecule has 8 nitrogen and oxygen atoms in total. The Hall–Kier alpha value is -3.83. The van der Waals surface area contributed by atoms with Gasteiger partial charge in [0.1, 0.15) is 16.5 Å². The summed E-state index contributed by atoms with van der Waals surface area (Å²) in [5.41, 5.74) is 2.00. The molecule has 1 N–H and O–H groups in total. The molecule has 1 amide bonds. The van der Waals surface area contributed by atoms with E-state index in [1.807, 2.05) is 22.8 Å². The first-order valence-electron chi connectivity index (χ1n) is 10.7. The molecule has 0 aliphatic heterocycles. The number of furan rings is 1. The summed E-state index contributed by atoms with van der Waals surface area (Å²) in [6, 6.07) is 15.3. The minimum absolute atomic E-state index is 0.219. The second-order valence-corrected chi connectivity index (χ2v) is 9.22. The maximum atomic E-state index is 13.5. The summed E-state index contributed by atoms with van der Waals surface area (Å²) in [5.74, 6) is 1.000. The topological polar surface area (TPSA) is 98.7 Å². The van der Waals surface area contributed by atoms with E-state index in [4.69, 9.17) is 4.42 Å². The molecule has 5 aromatic rings. The molecule has 0 atom stereocenters. The first-order chi connectivity index (χ1) is 17.2. The Kier molecular flexibility index (Phi) is 6.96. The monoisotopic (exact) mass is 506 g/mol. The van der Waals surface area contributed by atoms with Crippen molar-refractivity contribution in [1.29, 1.82) is 0 Å². The lowest BCUT2D eigenvalue weighted by atomic mass is 10.2. The number of nitrogens with one attached hydrogen (secondary N) is 1. The smallest absolute Gasteiger partial charge is 0.270 e. The molecule has 0 fully saturated rings. The number of benzene rings is 1. The number of carbonyl (C=O) groups excluding carboxylic acids is 1. The Morgan fingerprint density at radius 1 is 1.11 bits per heavy atom. The number of aromatic nitrogens is 5. The van der Waals surface area contributed by atoms with Crippen molar-refractivity contribution >= 4 is 29.0 Å². The highest BCUT2D eigenvalue weighted by molar-refractivity contribution is 7.98. The minimum atomic E-state index is -0.329. The van der Waals surface area contributed by atoms with E-state index in [-0.39, 0.29) is 11.7 Å². The van der Waals surface area contributed by atoms with Crippen molar-refractivity contribution in [3.63, 3.8) is 0 Å². The fourth-order valence-electron chi connectivity index (χ4n) is 3.30. The molecule has 0 unspecified atom stereocenters. The van der Waals surface area contributed by atoms with Gasteiger partial charge in [-0.3, -0.25) is 14.3 Å². The molecule has 176 valence electrons. The standard InChI is InChI=1S/C24H19FN6O2S2/c25-16-6-8-18(9-7-16)31-22(20-5-3-13-33-20)29-30-24(31)35-15-21-28-19(14-34-21)23(32)27-12-10-17-4-1-2-11-26-17/h1-9,11,13-14H,10,12,15H2,(H,27,32). The molecule has 4 heterocycles. The molecular weight excluding hydrogens is 487 g/mol. The molecule has 0 radical (unpaired) electrons. The summed E-state index contributed by atoms with van der Waals surface area (Å²) >= 11 is 2.82. The van der Waals surface area contributed by atoms with Crippen LogP contribution < -0.4 is 5.32 Å². The maximum Gasteiger partial charge on any atom is 0.270 e.